The van der Waals surface area contributed by atoms with E-state index in [1.807, 2.05) is 13.8 Å². The zero-order valence-corrected chi connectivity index (χ0v) is 12.9. The number of morpholine rings is 1. The molecule has 2 atom stereocenters. The minimum absolute atomic E-state index is 0.00875. The van der Waals surface area contributed by atoms with Crippen LogP contribution in [0, 0.1) is 0 Å². The van der Waals surface area contributed by atoms with E-state index >= 15 is 0 Å². The summed E-state index contributed by atoms with van der Waals surface area (Å²) in [7, 11) is 0. The standard InChI is InChI=1S/C16H18ClNO3/c1-10-6-18(7-11(2)21-10)8-12-9-20-15-4-3-13(17)5-14(15)16(12)19/h3-5,9-11H,6-8H2,1-2H3/t10-,11-/m0/s1. The first kappa shape index (κ1) is 14.6. The highest BCUT2D eigenvalue weighted by Crippen LogP contribution is 2.18. The maximum atomic E-state index is 12.5. The molecule has 0 N–H and O–H groups in total. The molecule has 0 unspecified atom stereocenters. The second-order valence-corrected chi connectivity index (χ2v) is 6.12. The highest BCUT2D eigenvalue weighted by Gasteiger charge is 2.23. The van der Waals surface area contributed by atoms with Crippen molar-refractivity contribution >= 4 is 22.6 Å². The lowest BCUT2D eigenvalue weighted by Crippen LogP contribution is -2.45. The van der Waals surface area contributed by atoms with Crippen LogP contribution in [-0.2, 0) is 11.3 Å². The van der Waals surface area contributed by atoms with E-state index in [1.165, 1.54) is 0 Å². The van der Waals surface area contributed by atoms with Gasteiger partial charge in [0.25, 0.3) is 0 Å². The molecule has 1 aromatic heterocycles. The summed E-state index contributed by atoms with van der Waals surface area (Å²) in [6.45, 7) is 6.30. The van der Waals surface area contributed by atoms with E-state index in [2.05, 4.69) is 4.90 Å². The van der Waals surface area contributed by atoms with Crippen LogP contribution in [0.4, 0.5) is 0 Å². The molecule has 112 valence electrons. The number of nitrogens with zero attached hydrogens (tertiary/aromatic N) is 1. The molecule has 3 rings (SSSR count). The van der Waals surface area contributed by atoms with Gasteiger partial charge in [0.15, 0.2) is 5.43 Å². The highest BCUT2D eigenvalue weighted by atomic mass is 35.5. The summed E-state index contributed by atoms with van der Waals surface area (Å²) in [6.07, 6.45) is 1.91. The zero-order chi connectivity index (χ0) is 15.0. The third-order valence-corrected chi connectivity index (χ3v) is 3.93. The second kappa shape index (κ2) is 5.79. The van der Waals surface area contributed by atoms with Crippen molar-refractivity contribution in [3.8, 4) is 0 Å². The fraction of sp³-hybridized carbons (Fsp3) is 0.438. The molecule has 1 saturated heterocycles. The number of benzene rings is 1. The fourth-order valence-electron chi connectivity index (χ4n) is 2.91. The van der Waals surface area contributed by atoms with E-state index in [-0.39, 0.29) is 17.6 Å². The van der Waals surface area contributed by atoms with Gasteiger partial charge < -0.3 is 9.15 Å². The smallest absolute Gasteiger partial charge is 0.197 e. The Kier molecular flexibility index (Phi) is 4.02. The molecule has 0 radical (unpaired) electrons. The van der Waals surface area contributed by atoms with Crippen LogP contribution >= 0.6 is 11.6 Å². The molecule has 1 aliphatic heterocycles. The van der Waals surface area contributed by atoms with E-state index in [4.69, 9.17) is 20.8 Å². The third-order valence-electron chi connectivity index (χ3n) is 3.70. The Morgan fingerprint density at radius 1 is 1.29 bits per heavy atom. The summed E-state index contributed by atoms with van der Waals surface area (Å²) in [4.78, 5) is 14.8. The van der Waals surface area contributed by atoms with Crippen molar-refractivity contribution < 1.29 is 9.15 Å². The molecule has 0 amide bonds. The van der Waals surface area contributed by atoms with Gasteiger partial charge in [-0.15, -0.1) is 0 Å². The van der Waals surface area contributed by atoms with E-state index in [0.29, 0.717) is 28.1 Å². The number of rotatable bonds is 2. The van der Waals surface area contributed by atoms with Crippen LogP contribution < -0.4 is 5.43 Å². The SMILES string of the molecule is C[C@H]1CN(Cc2coc3ccc(Cl)cc3c2=O)C[C@H](C)O1. The highest BCUT2D eigenvalue weighted by molar-refractivity contribution is 6.31. The summed E-state index contributed by atoms with van der Waals surface area (Å²) < 4.78 is 11.3. The summed E-state index contributed by atoms with van der Waals surface area (Å²) in [5.41, 5.74) is 1.22. The van der Waals surface area contributed by atoms with Crippen LogP contribution in [0.2, 0.25) is 5.02 Å². The lowest BCUT2D eigenvalue weighted by atomic mass is 10.1. The molecule has 0 aliphatic carbocycles. The van der Waals surface area contributed by atoms with Gasteiger partial charge in [0, 0.05) is 30.2 Å². The van der Waals surface area contributed by atoms with Gasteiger partial charge in [-0.25, -0.2) is 0 Å². The number of hydrogen-bond donors (Lipinski definition) is 0. The molecular weight excluding hydrogens is 290 g/mol. The van der Waals surface area contributed by atoms with Crippen molar-refractivity contribution in [1.82, 2.24) is 4.90 Å². The Labute approximate surface area is 128 Å². The van der Waals surface area contributed by atoms with Crippen molar-refractivity contribution in [1.29, 1.82) is 0 Å². The zero-order valence-electron chi connectivity index (χ0n) is 12.1. The van der Waals surface area contributed by atoms with E-state index < -0.39 is 0 Å². The van der Waals surface area contributed by atoms with Crippen LogP contribution in [0.15, 0.2) is 33.7 Å². The van der Waals surface area contributed by atoms with Gasteiger partial charge in [0.1, 0.15) is 5.58 Å². The molecule has 21 heavy (non-hydrogen) atoms. The molecule has 2 aromatic rings. The van der Waals surface area contributed by atoms with E-state index in [0.717, 1.165) is 13.1 Å². The molecule has 1 aromatic carbocycles. The quantitative estimate of drug-likeness (QED) is 0.855. The normalized spacial score (nSPS) is 23.6. The number of fused-ring (bicyclic) bond motifs is 1. The molecular formula is C16H18ClNO3. The maximum Gasteiger partial charge on any atom is 0.197 e. The van der Waals surface area contributed by atoms with Gasteiger partial charge in [-0.3, -0.25) is 9.69 Å². The number of halogens is 1. The number of hydrogen-bond acceptors (Lipinski definition) is 4. The van der Waals surface area contributed by atoms with E-state index in [9.17, 15) is 4.79 Å². The topological polar surface area (TPSA) is 42.7 Å². The molecule has 4 nitrogen and oxygen atoms in total. The van der Waals surface area contributed by atoms with E-state index in [1.54, 1.807) is 24.5 Å². The van der Waals surface area contributed by atoms with Gasteiger partial charge in [-0.2, -0.15) is 0 Å². The van der Waals surface area contributed by atoms with Gasteiger partial charge >= 0.3 is 0 Å². The predicted octanol–water partition coefficient (Wildman–Crippen LogP) is 3.06. The predicted molar refractivity (Wildman–Crippen MR) is 82.8 cm³/mol. The minimum atomic E-state index is -0.00875. The van der Waals surface area contributed by atoms with Crippen LogP contribution in [0.5, 0.6) is 0 Å². The summed E-state index contributed by atoms with van der Waals surface area (Å²) in [5, 5.41) is 1.08. The second-order valence-electron chi connectivity index (χ2n) is 5.68. The Balaban J connectivity index is 1.90. The Morgan fingerprint density at radius 2 is 2.00 bits per heavy atom. The molecule has 0 saturated carbocycles. The van der Waals surface area contributed by atoms with Gasteiger partial charge in [-0.05, 0) is 32.0 Å². The Morgan fingerprint density at radius 3 is 2.71 bits per heavy atom. The van der Waals surface area contributed by atoms with Crippen LogP contribution in [0.3, 0.4) is 0 Å². The molecule has 2 heterocycles. The van der Waals surface area contributed by atoms with Crippen LogP contribution in [-0.4, -0.2) is 30.2 Å². The average Bonchev–Trinajstić information content (AvgIpc) is 2.41. The lowest BCUT2D eigenvalue weighted by Gasteiger charge is -2.35. The Bertz CT molecular complexity index is 702. The third kappa shape index (κ3) is 3.12. The molecule has 5 heteroatoms. The maximum absolute atomic E-state index is 12.5. The monoisotopic (exact) mass is 307 g/mol. The average molecular weight is 308 g/mol. The summed E-state index contributed by atoms with van der Waals surface area (Å²) >= 11 is 5.97. The molecule has 1 fully saturated rings. The minimum Gasteiger partial charge on any atom is -0.464 e. The Hall–Kier alpha value is -1.36. The molecule has 1 aliphatic rings. The first-order chi connectivity index (χ1) is 10.0. The van der Waals surface area contributed by atoms with Gasteiger partial charge in [0.05, 0.1) is 23.9 Å². The number of ether oxygens (including phenoxy) is 1. The van der Waals surface area contributed by atoms with Crippen molar-refractivity contribution in [2.24, 2.45) is 0 Å². The van der Waals surface area contributed by atoms with Crippen molar-refractivity contribution in [2.45, 2.75) is 32.6 Å². The van der Waals surface area contributed by atoms with Crippen molar-refractivity contribution in [2.75, 3.05) is 13.1 Å². The van der Waals surface area contributed by atoms with Crippen LogP contribution in [0.25, 0.3) is 11.0 Å². The van der Waals surface area contributed by atoms with Crippen molar-refractivity contribution in [3.05, 3.63) is 45.3 Å². The summed E-state index contributed by atoms with van der Waals surface area (Å²) in [5.74, 6) is 0. The summed E-state index contributed by atoms with van der Waals surface area (Å²) in [6, 6.07) is 5.11. The van der Waals surface area contributed by atoms with Gasteiger partial charge in [-0.1, -0.05) is 11.6 Å². The fourth-order valence-corrected chi connectivity index (χ4v) is 3.08. The molecule has 0 bridgehead atoms. The first-order valence-corrected chi connectivity index (χ1v) is 7.48. The van der Waals surface area contributed by atoms with Crippen molar-refractivity contribution in [3.63, 3.8) is 0 Å². The first-order valence-electron chi connectivity index (χ1n) is 7.10. The largest absolute Gasteiger partial charge is 0.464 e. The molecule has 0 spiro atoms. The van der Waals surface area contributed by atoms with Gasteiger partial charge in [0.2, 0.25) is 0 Å². The van der Waals surface area contributed by atoms with Crippen LogP contribution in [0.1, 0.15) is 19.4 Å². The lowest BCUT2D eigenvalue weighted by molar-refractivity contribution is -0.0706.